The predicted molar refractivity (Wildman–Crippen MR) is 83.0 cm³/mol. The largest absolute Gasteiger partial charge is 0.346 e. The van der Waals surface area contributed by atoms with E-state index in [1.807, 2.05) is 0 Å². The van der Waals surface area contributed by atoms with Gasteiger partial charge >= 0.3 is 0 Å². The molecule has 2 aromatic rings. The maximum Gasteiger partial charge on any atom is 0.271 e. The van der Waals surface area contributed by atoms with Gasteiger partial charge in [0.25, 0.3) is 11.8 Å². The van der Waals surface area contributed by atoms with Crippen LogP contribution in [0.25, 0.3) is 0 Å². The zero-order chi connectivity index (χ0) is 17.1. The lowest BCUT2D eigenvalue weighted by molar-refractivity contribution is 0.0852. The summed E-state index contributed by atoms with van der Waals surface area (Å²) in [5, 5.41) is 20.9. The molecular formula is C14H20N8O2. The van der Waals surface area contributed by atoms with E-state index in [1.54, 1.807) is 14.1 Å². The second kappa shape index (κ2) is 6.77. The third-order valence-corrected chi connectivity index (χ3v) is 4.29. The van der Waals surface area contributed by atoms with Crippen LogP contribution >= 0.6 is 0 Å². The van der Waals surface area contributed by atoms with Gasteiger partial charge in [-0.1, -0.05) is 23.3 Å². The number of hydrogen-bond donors (Lipinski definition) is 2. The molecule has 1 aliphatic rings. The fraction of sp³-hybridized carbons (Fsp3) is 0.571. The quantitative estimate of drug-likeness (QED) is 0.772. The smallest absolute Gasteiger partial charge is 0.271 e. The van der Waals surface area contributed by atoms with Crippen molar-refractivity contribution >= 4 is 11.8 Å². The number of carbonyl (C=O) groups excluding carboxylic acids is 2. The molecule has 10 nitrogen and oxygen atoms in total. The number of hydrogen-bond acceptors (Lipinski definition) is 6. The molecular weight excluding hydrogens is 312 g/mol. The van der Waals surface area contributed by atoms with Crippen molar-refractivity contribution in [1.29, 1.82) is 0 Å². The number of aryl methyl sites for hydroxylation is 2. The normalized spacial score (nSPS) is 20.6. The van der Waals surface area contributed by atoms with Gasteiger partial charge in [0.15, 0.2) is 0 Å². The number of nitrogens with zero attached hydrogens (tertiary/aromatic N) is 6. The van der Waals surface area contributed by atoms with Crippen molar-refractivity contribution in [3.05, 3.63) is 23.8 Å². The summed E-state index contributed by atoms with van der Waals surface area (Å²) in [6, 6.07) is -0.266. The van der Waals surface area contributed by atoms with Crippen LogP contribution in [0.5, 0.6) is 0 Å². The topological polar surface area (TPSA) is 120 Å². The van der Waals surface area contributed by atoms with E-state index in [9.17, 15) is 9.59 Å². The monoisotopic (exact) mass is 332 g/mol. The van der Waals surface area contributed by atoms with Gasteiger partial charge in [-0.05, 0) is 12.8 Å². The molecule has 24 heavy (non-hydrogen) atoms. The zero-order valence-electron chi connectivity index (χ0n) is 13.6. The van der Waals surface area contributed by atoms with Gasteiger partial charge in [-0.2, -0.15) is 0 Å². The summed E-state index contributed by atoms with van der Waals surface area (Å²) >= 11 is 0. The molecule has 1 aliphatic carbocycles. The minimum absolute atomic E-state index is 0.133. The summed E-state index contributed by atoms with van der Waals surface area (Å²) < 4.78 is 2.85. The van der Waals surface area contributed by atoms with Crippen molar-refractivity contribution < 1.29 is 9.59 Å². The van der Waals surface area contributed by atoms with Crippen LogP contribution in [-0.2, 0) is 14.1 Å². The summed E-state index contributed by atoms with van der Waals surface area (Å²) in [5.74, 6) is -0.480. The van der Waals surface area contributed by atoms with Crippen molar-refractivity contribution in [1.82, 2.24) is 40.6 Å². The van der Waals surface area contributed by atoms with E-state index in [0.717, 1.165) is 25.7 Å². The summed E-state index contributed by atoms with van der Waals surface area (Å²) in [5.41, 5.74) is 0.781. The van der Waals surface area contributed by atoms with Crippen LogP contribution in [0.2, 0.25) is 0 Å². The van der Waals surface area contributed by atoms with E-state index in [0.29, 0.717) is 11.4 Å². The SMILES string of the molecule is Cn1nncc1C(=O)N[C@H]1CCCC[C@H]1NC(=O)c1cnnn1C. The molecule has 2 heterocycles. The third-order valence-electron chi connectivity index (χ3n) is 4.29. The fourth-order valence-corrected chi connectivity index (χ4v) is 2.95. The Labute approximate surface area is 138 Å². The first-order valence-electron chi connectivity index (χ1n) is 7.87. The third kappa shape index (κ3) is 3.26. The van der Waals surface area contributed by atoms with Gasteiger partial charge in [0, 0.05) is 26.2 Å². The van der Waals surface area contributed by atoms with Crippen LogP contribution in [0.1, 0.15) is 46.7 Å². The molecule has 1 fully saturated rings. The lowest BCUT2D eigenvalue weighted by Gasteiger charge is -2.32. The zero-order valence-corrected chi connectivity index (χ0v) is 13.6. The summed E-state index contributed by atoms with van der Waals surface area (Å²) in [6.07, 6.45) is 6.49. The van der Waals surface area contributed by atoms with Crippen molar-refractivity contribution in [2.24, 2.45) is 14.1 Å². The standard InChI is InChI=1S/C14H20N8O2/c1-21-11(7-15-19-21)13(23)17-9-5-3-4-6-10(9)18-14(24)12-8-16-20-22(12)2/h7-10H,3-6H2,1-2H3,(H,17,23)(H,18,24)/t9-,10+. The molecule has 0 aliphatic heterocycles. The van der Waals surface area contributed by atoms with Crippen LogP contribution in [-0.4, -0.2) is 53.9 Å². The first kappa shape index (κ1) is 16.1. The maximum atomic E-state index is 12.4. The Morgan fingerprint density at radius 3 is 1.67 bits per heavy atom. The summed E-state index contributed by atoms with van der Waals surface area (Å²) in [4.78, 5) is 24.7. The van der Waals surface area contributed by atoms with Gasteiger partial charge in [0.2, 0.25) is 0 Å². The highest BCUT2D eigenvalue weighted by Crippen LogP contribution is 2.19. The summed E-state index contributed by atoms with van der Waals surface area (Å²) in [6.45, 7) is 0. The lowest BCUT2D eigenvalue weighted by atomic mass is 9.90. The second-order valence-electron chi connectivity index (χ2n) is 5.93. The first-order chi connectivity index (χ1) is 11.6. The Morgan fingerprint density at radius 2 is 1.33 bits per heavy atom. The lowest BCUT2D eigenvalue weighted by Crippen LogP contribution is -2.53. The van der Waals surface area contributed by atoms with E-state index in [1.165, 1.54) is 21.8 Å². The molecule has 1 saturated carbocycles. The molecule has 0 radical (unpaired) electrons. The molecule has 2 atom stereocenters. The predicted octanol–water partition coefficient (Wildman–Crippen LogP) is -0.585. The van der Waals surface area contributed by atoms with E-state index >= 15 is 0 Å². The molecule has 2 aromatic heterocycles. The molecule has 0 aromatic carbocycles. The minimum atomic E-state index is -0.240. The van der Waals surface area contributed by atoms with Gasteiger partial charge in [-0.25, -0.2) is 9.36 Å². The molecule has 128 valence electrons. The summed E-state index contributed by atoms with van der Waals surface area (Å²) in [7, 11) is 3.33. The van der Waals surface area contributed by atoms with E-state index in [4.69, 9.17) is 0 Å². The molecule has 2 amide bonds. The number of aromatic nitrogens is 6. The number of amides is 2. The van der Waals surface area contributed by atoms with E-state index in [-0.39, 0.29) is 23.9 Å². The van der Waals surface area contributed by atoms with Crippen LogP contribution in [0.15, 0.2) is 12.4 Å². The molecule has 3 rings (SSSR count). The minimum Gasteiger partial charge on any atom is -0.346 e. The molecule has 10 heteroatoms. The highest BCUT2D eigenvalue weighted by molar-refractivity contribution is 5.93. The van der Waals surface area contributed by atoms with Crippen molar-refractivity contribution in [3.8, 4) is 0 Å². The molecule has 0 bridgehead atoms. The van der Waals surface area contributed by atoms with Crippen molar-refractivity contribution in [3.63, 3.8) is 0 Å². The number of carbonyl (C=O) groups is 2. The van der Waals surface area contributed by atoms with Gasteiger partial charge in [0.1, 0.15) is 11.4 Å². The second-order valence-corrected chi connectivity index (χ2v) is 5.93. The fourth-order valence-electron chi connectivity index (χ4n) is 2.95. The maximum absolute atomic E-state index is 12.4. The Bertz CT molecular complexity index is 674. The first-order valence-corrected chi connectivity index (χ1v) is 7.87. The van der Waals surface area contributed by atoms with Crippen LogP contribution in [0.3, 0.4) is 0 Å². The molecule has 0 unspecified atom stereocenters. The highest BCUT2D eigenvalue weighted by Gasteiger charge is 2.29. The molecule has 0 saturated heterocycles. The Balaban J connectivity index is 1.67. The highest BCUT2D eigenvalue weighted by atomic mass is 16.2. The van der Waals surface area contributed by atoms with Crippen molar-refractivity contribution in [2.45, 2.75) is 37.8 Å². The van der Waals surface area contributed by atoms with Gasteiger partial charge in [-0.3, -0.25) is 9.59 Å². The Morgan fingerprint density at radius 1 is 0.917 bits per heavy atom. The van der Waals surface area contributed by atoms with Crippen LogP contribution < -0.4 is 10.6 Å². The molecule has 2 N–H and O–H groups in total. The van der Waals surface area contributed by atoms with Crippen LogP contribution in [0, 0.1) is 0 Å². The van der Waals surface area contributed by atoms with Gasteiger partial charge < -0.3 is 10.6 Å². The van der Waals surface area contributed by atoms with Gasteiger partial charge in [-0.15, -0.1) is 10.2 Å². The van der Waals surface area contributed by atoms with E-state index in [2.05, 4.69) is 31.3 Å². The average molecular weight is 332 g/mol. The Hall–Kier alpha value is -2.78. The average Bonchev–Trinajstić information content (AvgIpc) is 3.17. The molecule has 0 spiro atoms. The van der Waals surface area contributed by atoms with E-state index < -0.39 is 0 Å². The van der Waals surface area contributed by atoms with Crippen molar-refractivity contribution in [2.75, 3.05) is 0 Å². The Kier molecular flexibility index (Phi) is 4.54. The number of rotatable bonds is 4. The van der Waals surface area contributed by atoms with Gasteiger partial charge in [0.05, 0.1) is 12.4 Å². The number of nitrogens with one attached hydrogen (secondary N) is 2. The van der Waals surface area contributed by atoms with Crippen LogP contribution in [0.4, 0.5) is 0 Å².